The van der Waals surface area contributed by atoms with E-state index in [4.69, 9.17) is 4.74 Å². The van der Waals surface area contributed by atoms with E-state index in [1.807, 2.05) is 39.8 Å². The van der Waals surface area contributed by atoms with Crippen molar-refractivity contribution >= 4 is 11.6 Å². The number of benzene rings is 1. The van der Waals surface area contributed by atoms with Crippen LogP contribution in [0.1, 0.15) is 27.7 Å². The Morgan fingerprint density at radius 1 is 1.13 bits per heavy atom. The molecular formula is C18H29N3O2. The highest BCUT2D eigenvalue weighted by Crippen LogP contribution is 2.21. The van der Waals surface area contributed by atoms with Crippen molar-refractivity contribution in [3.8, 4) is 5.75 Å². The molecule has 1 aliphatic heterocycles. The summed E-state index contributed by atoms with van der Waals surface area (Å²) in [6.45, 7) is 11.7. The molecule has 1 heterocycles. The van der Waals surface area contributed by atoms with Gasteiger partial charge < -0.3 is 15.0 Å². The third-order valence-corrected chi connectivity index (χ3v) is 4.18. The van der Waals surface area contributed by atoms with Gasteiger partial charge in [-0.1, -0.05) is 0 Å². The lowest BCUT2D eigenvalue weighted by Gasteiger charge is -2.39. The third kappa shape index (κ3) is 4.86. The van der Waals surface area contributed by atoms with Crippen molar-refractivity contribution in [1.29, 1.82) is 0 Å². The molecule has 1 amide bonds. The van der Waals surface area contributed by atoms with Gasteiger partial charge in [0.1, 0.15) is 5.75 Å². The van der Waals surface area contributed by atoms with Crippen molar-refractivity contribution in [2.75, 3.05) is 38.2 Å². The van der Waals surface area contributed by atoms with E-state index in [0.717, 1.165) is 31.9 Å². The Hall–Kier alpha value is -1.75. The van der Waals surface area contributed by atoms with Crippen LogP contribution in [0.2, 0.25) is 0 Å². The van der Waals surface area contributed by atoms with E-state index < -0.39 is 0 Å². The van der Waals surface area contributed by atoms with Crippen LogP contribution in [-0.4, -0.2) is 55.7 Å². The number of hydrogen-bond acceptors (Lipinski definition) is 4. The highest BCUT2D eigenvalue weighted by molar-refractivity contribution is 5.82. The van der Waals surface area contributed by atoms with Gasteiger partial charge in [0.2, 0.25) is 5.91 Å². The summed E-state index contributed by atoms with van der Waals surface area (Å²) < 4.78 is 5.20. The first-order valence-electron chi connectivity index (χ1n) is 8.25. The van der Waals surface area contributed by atoms with Crippen molar-refractivity contribution < 1.29 is 9.53 Å². The molecule has 0 aliphatic carbocycles. The number of nitrogens with zero attached hydrogens (tertiary/aromatic N) is 2. The molecule has 2 rings (SSSR count). The molecule has 0 bridgehead atoms. The van der Waals surface area contributed by atoms with Crippen LogP contribution in [0, 0.1) is 0 Å². The summed E-state index contributed by atoms with van der Waals surface area (Å²) >= 11 is 0. The normalized spacial score (nSPS) is 17.7. The van der Waals surface area contributed by atoms with Crippen LogP contribution in [-0.2, 0) is 4.79 Å². The van der Waals surface area contributed by atoms with Crippen molar-refractivity contribution in [3.63, 3.8) is 0 Å². The first kappa shape index (κ1) is 17.6. The molecule has 1 unspecified atom stereocenters. The maximum Gasteiger partial charge on any atom is 0.237 e. The van der Waals surface area contributed by atoms with Crippen LogP contribution in [0.5, 0.6) is 5.75 Å². The maximum absolute atomic E-state index is 12.3. The number of rotatable bonds is 4. The quantitative estimate of drug-likeness (QED) is 0.923. The van der Waals surface area contributed by atoms with Gasteiger partial charge in [0.05, 0.1) is 13.2 Å². The number of anilines is 1. The van der Waals surface area contributed by atoms with E-state index in [2.05, 4.69) is 27.2 Å². The molecule has 1 aromatic rings. The fourth-order valence-electron chi connectivity index (χ4n) is 2.80. The van der Waals surface area contributed by atoms with Crippen LogP contribution in [0.25, 0.3) is 0 Å². The van der Waals surface area contributed by atoms with Gasteiger partial charge in [0.25, 0.3) is 0 Å². The van der Waals surface area contributed by atoms with E-state index in [1.165, 1.54) is 5.69 Å². The largest absolute Gasteiger partial charge is 0.497 e. The van der Waals surface area contributed by atoms with E-state index >= 15 is 0 Å². The lowest BCUT2D eigenvalue weighted by atomic mass is 10.1. The second kappa shape index (κ2) is 7.21. The number of hydrogen-bond donors (Lipinski definition) is 1. The Morgan fingerprint density at radius 2 is 1.70 bits per heavy atom. The Kier molecular flexibility index (Phi) is 5.52. The standard InChI is InChI=1S/C18H29N3O2/c1-14(17(22)19-18(2,3)4)20-10-12-21(13-11-20)15-6-8-16(23-5)9-7-15/h6-9,14H,10-13H2,1-5H3,(H,19,22). The molecule has 5 nitrogen and oxygen atoms in total. The number of carbonyl (C=O) groups excluding carboxylic acids is 1. The van der Waals surface area contributed by atoms with Gasteiger partial charge >= 0.3 is 0 Å². The summed E-state index contributed by atoms with van der Waals surface area (Å²) in [6.07, 6.45) is 0. The monoisotopic (exact) mass is 319 g/mol. The molecule has 1 aromatic carbocycles. The highest BCUT2D eigenvalue weighted by atomic mass is 16.5. The van der Waals surface area contributed by atoms with Gasteiger partial charge in [-0.15, -0.1) is 0 Å². The minimum absolute atomic E-state index is 0.0905. The first-order chi connectivity index (χ1) is 10.8. The third-order valence-electron chi connectivity index (χ3n) is 4.18. The van der Waals surface area contributed by atoms with Crippen molar-refractivity contribution in [3.05, 3.63) is 24.3 Å². The summed E-state index contributed by atoms with van der Waals surface area (Å²) in [5, 5.41) is 3.06. The van der Waals surface area contributed by atoms with E-state index in [1.54, 1.807) is 7.11 Å². The number of amides is 1. The topological polar surface area (TPSA) is 44.8 Å². The Bertz CT molecular complexity index is 514. The van der Waals surface area contributed by atoms with Crippen molar-refractivity contribution in [2.45, 2.75) is 39.3 Å². The lowest BCUT2D eigenvalue weighted by molar-refractivity contribution is -0.127. The van der Waals surface area contributed by atoms with Crippen LogP contribution >= 0.6 is 0 Å². The molecule has 0 radical (unpaired) electrons. The van der Waals surface area contributed by atoms with E-state index in [-0.39, 0.29) is 17.5 Å². The molecule has 128 valence electrons. The minimum atomic E-state index is -0.184. The number of piperazine rings is 1. The molecule has 23 heavy (non-hydrogen) atoms. The summed E-state index contributed by atoms with van der Waals surface area (Å²) in [7, 11) is 1.68. The fraction of sp³-hybridized carbons (Fsp3) is 0.611. The Balaban J connectivity index is 1.88. The number of carbonyl (C=O) groups is 1. The Morgan fingerprint density at radius 3 is 2.17 bits per heavy atom. The zero-order chi connectivity index (χ0) is 17.0. The Labute approximate surface area is 139 Å². The van der Waals surface area contributed by atoms with Gasteiger partial charge in [0, 0.05) is 37.4 Å². The van der Waals surface area contributed by atoms with E-state index in [0.29, 0.717) is 0 Å². The van der Waals surface area contributed by atoms with Gasteiger partial charge in [0.15, 0.2) is 0 Å². The molecule has 1 N–H and O–H groups in total. The zero-order valence-corrected chi connectivity index (χ0v) is 14.9. The molecule has 0 spiro atoms. The maximum atomic E-state index is 12.3. The SMILES string of the molecule is COc1ccc(N2CCN(C(C)C(=O)NC(C)(C)C)CC2)cc1. The fourth-order valence-corrected chi connectivity index (χ4v) is 2.80. The number of ether oxygens (including phenoxy) is 1. The summed E-state index contributed by atoms with van der Waals surface area (Å²) in [4.78, 5) is 16.9. The van der Waals surface area contributed by atoms with Crippen molar-refractivity contribution in [2.24, 2.45) is 0 Å². The number of methoxy groups -OCH3 is 1. The van der Waals surface area contributed by atoms with Gasteiger partial charge in [-0.2, -0.15) is 0 Å². The molecule has 1 saturated heterocycles. The average molecular weight is 319 g/mol. The highest BCUT2D eigenvalue weighted by Gasteiger charge is 2.27. The molecule has 1 atom stereocenters. The molecule has 5 heteroatoms. The van der Waals surface area contributed by atoms with Gasteiger partial charge in [-0.3, -0.25) is 9.69 Å². The first-order valence-corrected chi connectivity index (χ1v) is 8.25. The van der Waals surface area contributed by atoms with Crippen LogP contribution < -0.4 is 15.0 Å². The summed E-state index contributed by atoms with van der Waals surface area (Å²) in [6, 6.07) is 8.06. The minimum Gasteiger partial charge on any atom is -0.497 e. The van der Waals surface area contributed by atoms with Crippen LogP contribution in [0.3, 0.4) is 0 Å². The van der Waals surface area contributed by atoms with Crippen LogP contribution in [0.4, 0.5) is 5.69 Å². The van der Waals surface area contributed by atoms with Crippen molar-refractivity contribution in [1.82, 2.24) is 10.2 Å². The molecule has 0 aromatic heterocycles. The smallest absolute Gasteiger partial charge is 0.237 e. The summed E-state index contributed by atoms with van der Waals surface area (Å²) in [5.41, 5.74) is 1.02. The van der Waals surface area contributed by atoms with Gasteiger partial charge in [-0.25, -0.2) is 0 Å². The molecular weight excluding hydrogens is 290 g/mol. The molecule has 1 fully saturated rings. The lowest BCUT2D eigenvalue weighted by Crippen LogP contribution is -2.56. The second-order valence-electron chi connectivity index (χ2n) is 7.14. The average Bonchev–Trinajstić information content (AvgIpc) is 2.53. The predicted octanol–water partition coefficient (Wildman–Crippen LogP) is 2.12. The van der Waals surface area contributed by atoms with E-state index in [9.17, 15) is 4.79 Å². The molecule has 1 aliphatic rings. The van der Waals surface area contributed by atoms with Crippen LogP contribution in [0.15, 0.2) is 24.3 Å². The van der Waals surface area contributed by atoms with Gasteiger partial charge in [-0.05, 0) is 52.0 Å². The number of nitrogens with one attached hydrogen (secondary N) is 1. The zero-order valence-electron chi connectivity index (χ0n) is 14.9. The molecule has 0 saturated carbocycles. The predicted molar refractivity (Wildman–Crippen MR) is 94.1 cm³/mol. The summed E-state index contributed by atoms with van der Waals surface area (Å²) in [5.74, 6) is 0.982. The second-order valence-corrected chi connectivity index (χ2v) is 7.14.